The quantitative estimate of drug-likeness (QED) is 0.124. The van der Waals surface area contributed by atoms with Crippen LogP contribution in [0.3, 0.4) is 0 Å². The summed E-state index contributed by atoms with van der Waals surface area (Å²) in [4.78, 5) is 4.89. The Balaban J connectivity index is 1.38. The fourth-order valence-electron chi connectivity index (χ4n) is 8.11. The zero-order chi connectivity index (χ0) is 34.5. The zero-order valence-electron chi connectivity index (χ0n) is 29.1. The molecule has 0 saturated heterocycles. The van der Waals surface area contributed by atoms with E-state index in [0.717, 1.165) is 22.5 Å². The minimum absolute atomic E-state index is 0.327. The lowest BCUT2D eigenvalue weighted by Gasteiger charge is -2.37. The van der Waals surface area contributed by atoms with Crippen molar-refractivity contribution >= 4 is 32.8 Å². The van der Waals surface area contributed by atoms with Crippen molar-refractivity contribution in [3.05, 3.63) is 204 Å². The van der Waals surface area contributed by atoms with E-state index in [1.165, 1.54) is 49.6 Å². The average Bonchev–Trinajstić information content (AvgIpc) is 3.73. The van der Waals surface area contributed by atoms with Gasteiger partial charge in [-0.2, -0.15) is 4.57 Å². The molecule has 9 aromatic rings. The molecule has 246 valence electrons. The van der Waals surface area contributed by atoms with Gasteiger partial charge in [0.25, 0.3) is 0 Å². The van der Waals surface area contributed by atoms with Crippen molar-refractivity contribution in [2.24, 2.45) is 0 Å². The second-order valence-electron chi connectivity index (χ2n) is 13.8. The van der Waals surface area contributed by atoms with E-state index in [9.17, 15) is 0 Å². The van der Waals surface area contributed by atoms with E-state index in [0.29, 0.717) is 6.04 Å². The molecule has 9 rings (SSSR count). The van der Waals surface area contributed by atoms with Crippen LogP contribution in [0.2, 0.25) is 0 Å². The first-order valence-electron chi connectivity index (χ1n) is 17.7. The molecule has 0 bridgehead atoms. The molecule has 0 aliphatic heterocycles. The predicted octanol–water partition coefficient (Wildman–Crippen LogP) is 10.7. The Kier molecular flexibility index (Phi) is 7.40. The maximum absolute atomic E-state index is 4.89. The van der Waals surface area contributed by atoms with Crippen molar-refractivity contribution in [3.8, 4) is 11.5 Å². The van der Waals surface area contributed by atoms with Gasteiger partial charge in [-0.1, -0.05) is 115 Å². The van der Waals surface area contributed by atoms with Crippen LogP contribution in [0.5, 0.6) is 0 Å². The third-order valence-corrected chi connectivity index (χ3v) is 10.4. The molecular formula is C47H39N4+. The molecule has 0 aliphatic carbocycles. The molecule has 4 heteroatoms. The van der Waals surface area contributed by atoms with Gasteiger partial charge in [-0.05, 0) is 97.1 Å². The average molecular weight is 660 g/mol. The van der Waals surface area contributed by atoms with Crippen LogP contribution in [0.1, 0.15) is 47.7 Å². The first-order chi connectivity index (χ1) is 25.0. The van der Waals surface area contributed by atoms with Gasteiger partial charge in [0.1, 0.15) is 11.5 Å². The SMILES string of the molecule is Cc1ccnc(-n2c3ccccc3c3ccc(C(c4ccccc4)(c4ccccc4)c4cccc(-n5c[n+](C(C)C)c6ccccc65)c4)cc32)c1. The van der Waals surface area contributed by atoms with Crippen LogP contribution in [0.4, 0.5) is 0 Å². The van der Waals surface area contributed by atoms with Gasteiger partial charge in [0.05, 0.1) is 22.5 Å². The predicted molar refractivity (Wildman–Crippen MR) is 209 cm³/mol. The van der Waals surface area contributed by atoms with Gasteiger partial charge >= 0.3 is 0 Å². The Morgan fingerprint density at radius 3 is 1.90 bits per heavy atom. The third kappa shape index (κ3) is 4.90. The van der Waals surface area contributed by atoms with E-state index in [4.69, 9.17) is 4.98 Å². The number of hydrogen-bond donors (Lipinski definition) is 0. The number of aryl methyl sites for hydroxylation is 1. The molecule has 0 N–H and O–H groups in total. The van der Waals surface area contributed by atoms with Crippen LogP contribution in [0.25, 0.3) is 44.3 Å². The number of nitrogens with zero attached hydrogens (tertiary/aromatic N) is 4. The summed E-state index contributed by atoms with van der Waals surface area (Å²) in [5.41, 5.74) is 11.2. The minimum Gasteiger partial charge on any atom is -0.294 e. The van der Waals surface area contributed by atoms with Gasteiger partial charge in [-0.3, -0.25) is 4.57 Å². The molecule has 0 saturated carbocycles. The summed E-state index contributed by atoms with van der Waals surface area (Å²) in [5, 5.41) is 2.42. The second-order valence-corrected chi connectivity index (χ2v) is 13.8. The Hall–Kier alpha value is -6.26. The molecule has 0 fully saturated rings. The van der Waals surface area contributed by atoms with Crippen LogP contribution in [0, 0.1) is 6.92 Å². The maximum Gasteiger partial charge on any atom is 0.250 e. The van der Waals surface area contributed by atoms with Crippen molar-refractivity contribution in [2.45, 2.75) is 32.2 Å². The summed E-state index contributed by atoms with van der Waals surface area (Å²) < 4.78 is 7.02. The number of para-hydroxylation sites is 3. The molecule has 3 aromatic heterocycles. The highest BCUT2D eigenvalue weighted by molar-refractivity contribution is 6.09. The molecule has 0 amide bonds. The van der Waals surface area contributed by atoms with E-state index in [2.05, 4.69) is 205 Å². The summed E-state index contributed by atoms with van der Waals surface area (Å²) in [7, 11) is 0. The number of fused-ring (bicyclic) bond motifs is 4. The number of benzene rings is 6. The summed E-state index contributed by atoms with van der Waals surface area (Å²) in [6.45, 7) is 6.61. The maximum atomic E-state index is 4.89. The van der Waals surface area contributed by atoms with Crippen molar-refractivity contribution in [1.29, 1.82) is 0 Å². The highest BCUT2D eigenvalue weighted by atomic mass is 15.1. The normalized spacial score (nSPS) is 12.0. The van der Waals surface area contributed by atoms with Gasteiger partial charge in [0, 0.05) is 17.0 Å². The van der Waals surface area contributed by atoms with Crippen LogP contribution in [0.15, 0.2) is 176 Å². The Labute approximate surface area is 298 Å². The van der Waals surface area contributed by atoms with Gasteiger partial charge < -0.3 is 0 Å². The lowest BCUT2D eigenvalue weighted by Crippen LogP contribution is -2.34. The molecule has 0 spiro atoms. The Bertz CT molecular complexity index is 2640. The van der Waals surface area contributed by atoms with Crippen LogP contribution < -0.4 is 4.57 Å². The smallest absolute Gasteiger partial charge is 0.250 e. The standard InChI is InChI=1S/C47H39N4/c1-33(2)49-32-50(44-24-13-12-23-43(44)49)39-20-14-19-37(30-39)47(35-15-6-4-7-16-35,36-17-8-5-9-18-36)38-25-26-41-40-21-10-11-22-42(40)51(45(41)31-38)46-29-34(3)27-28-48-46/h4-33H,1-3H3/q+1. The first kappa shape index (κ1) is 30.8. The molecular weight excluding hydrogens is 621 g/mol. The number of hydrogen-bond acceptors (Lipinski definition) is 1. The van der Waals surface area contributed by atoms with Gasteiger partial charge in [-0.15, -0.1) is 0 Å². The van der Waals surface area contributed by atoms with E-state index < -0.39 is 5.41 Å². The number of aromatic nitrogens is 4. The first-order valence-corrected chi connectivity index (χ1v) is 17.7. The van der Waals surface area contributed by atoms with Crippen molar-refractivity contribution in [1.82, 2.24) is 14.1 Å². The summed E-state index contributed by atoms with van der Waals surface area (Å²) in [5.74, 6) is 0.920. The van der Waals surface area contributed by atoms with E-state index in [-0.39, 0.29) is 0 Å². The third-order valence-electron chi connectivity index (χ3n) is 10.4. The number of pyridine rings is 1. The number of rotatable bonds is 7. The van der Waals surface area contributed by atoms with E-state index in [1.54, 1.807) is 0 Å². The van der Waals surface area contributed by atoms with E-state index in [1.807, 2.05) is 6.20 Å². The van der Waals surface area contributed by atoms with Crippen molar-refractivity contribution < 1.29 is 4.57 Å². The molecule has 0 atom stereocenters. The summed E-state index contributed by atoms with van der Waals surface area (Å²) in [6.07, 6.45) is 4.16. The lowest BCUT2D eigenvalue weighted by molar-refractivity contribution is -0.691. The summed E-state index contributed by atoms with van der Waals surface area (Å²) >= 11 is 0. The monoisotopic (exact) mass is 659 g/mol. The molecule has 3 heterocycles. The van der Waals surface area contributed by atoms with Crippen molar-refractivity contribution in [2.75, 3.05) is 0 Å². The highest BCUT2D eigenvalue weighted by Crippen LogP contribution is 2.47. The topological polar surface area (TPSA) is 26.6 Å². The largest absolute Gasteiger partial charge is 0.294 e. The lowest BCUT2D eigenvalue weighted by atomic mass is 9.65. The molecule has 0 unspecified atom stereocenters. The minimum atomic E-state index is -0.634. The fraction of sp³-hybridized carbons (Fsp3) is 0.106. The molecule has 0 radical (unpaired) electrons. The van der Waals surface area contributed by atoms with Gasteiger partial charge in [-0.25, -0.2) is 9.55 Å². The molecule has 6 aromatic carbocycles. The van der Waals surface area contributed by atoms with Crippen LogP contribution in [-0.4, -0.2) is 14.1 Å². The van der Waals surface area contributed by atoms with Gasteiger partial charge in [0.2, 0.25) is 6.33 Å². The zero-order valence-corrected chi connectivity index (χ0v) is 29.1. The molecule has 4 nitrogen and oxygen atoms in total. The Morgan fingerprint density at radius 1 is 0.549 bits per heavy atom. The molecule has 51 heavy (non-hydrogen) atoms. The van der Waals surface area contributed by atoms with Crippen LogP contribution >= 0.6 is 0 Å². The van der Waals surface area contributed by atoms with E-state index >= 15 is 0 Å². The Morgan fingerprint density at radius 2 is 1.18 bits per heavy atom. The van der Waals surface area contributed by atoms with Crippen LogP contribution in [-0.2, 0) is 5.41 Å². The second kappa shape index (κ2) is 12.3. The molecule has 0 aliphatic rings. The van der Waals surface area contributed by atoms with Crippen molar-refractivity contribution in [3.63, 3.8) is 0 Å². The fourth-order valence-corrected chi connectivity index (χ4v) is 8.11. The highest BCUT2D eigenvalue weighted by Gasteiger charge is 2.39. The summed E-state index contributed by atoms with van der Waals surface area (Å²) in [6, 6.07) is 60.1. The van der Waals surface area contributed by atoms with Gasteiger partial charge in [0.15, 0.2) is 11.0 Å². The number of imidazole rings is 1.